The van der Waals surface area contributed by atoms with Crippen LogP contribution < -0.4 is 11.1 Å². The molecule has 0 aliphatic rings. The number of halogens is 1. The summed E-state index contributed by atoms with van der Waals surface area (Å²) in [5.41, 5.74) is 7.60. The highest BCUT2D eigenvalue weighted by atomic mass is 35.5. The maximum absolute atomic E-state index is 6.15. The highest BCUT2D eigenvalue weighted by molar-refractivity contribution is 6.31. The Morgan fingerprint density at radius 1 is 1.10 bits per heavy atom. The van der Waals surface area contributed by atoms with Crippen LogP contribution in [0.15, 0.2) is 54.7 Å². The molecule has 0 aliphatic carbocycles. The molecule has 0 aliphatic heterocycles. The molecule has 0 amide bonds. The van der Waals surface area contributed by atoms with Crippen molar-refractivity contribution in [2.45, 2.75) is 6.54 Å². The van der Waals surface area contributed by atoms with Crippen molar-refractivity contribution in [3.05, 3.63) is 65.3 Å². The van der Waals surface area contributed by atoms with Crippen molar-refractivity contribution < 1.29 is 0 Å². The molecule has 0 saturated carbocycles. The van der Waals surface area contributed by atoms with Crippen LogP contribution in [0.3, 0.4) is 0 Å². The highest BCUT2D eigenvalue weighted by Gasteiger charge is 2.04. The summed E-state index contributed by atoms with van der Waals surface area (Å²) in [5.74, 6) is 0.836. The standard InChI is InChI=1S/C16H14ClN3/c17-15-4-2-1-3-12(15)10-20-16-14-6-5-13(18)9-11(14)7-8-19-16/h1-9H,10,18H2,(H,19,20). The zero-order valence-electron chi connectivity index (χ0n) is 10.8. The van der Waals surface area contributed by atoms with Gasteiger partial charge in [0.1, 0.15) is 5.82 Å². The molecule has 0 radical (unpaired) electrons. The second-order valence-electron chi connectivity index (χ2n) is 4.59. The van der Waals surface area contributed by atoms with E-state index < -0.39 is 0 Å². The molecule has 0 unspecified atom stereocenters. The Balaban J connectivity index is 1.90. The first-order chi connectivity index (χ1) is 9.74. The summed E-state index contributed by atoms with van der Waals surface area (Å²) in [6.07, 6.45) is 1.77. The molecule has 1 aromatic heterocycles. The van der Waals surface area contributed by atoms with E-state index in [4.69, 9.17) is 17.3 Å². The molecule has 0 spiro atoms. The zero-order chi connectivity index (χ0) is 13.9. The van der Waals surface area contributed by atoms with Crippen LogP contribution in [0.25, 0.3) is 10.8 Å². The number of hydrogen-bond acceptors (Lipinski definition) is 3. The summed E-state index contributed by atoms with van der Waals surface area (Å²) in [5, 5.41) is 6.20. The van der Waals surface area contributed by atoms with Gasteiger partial charge in [-0.3, -0.25) is 0 Å². The van der Waals surface area contributed by atoms with Gasteiger partial charge in [0.15, 0.2) is 0 Å². The van der Waals surface area contributed by atoms with Crippen molar-refractivity contribution in [3.63, 3.8) is 0 Å². The second kappa shape index (κ2) is 5.39. The molecule has 3 nitrogen and oxygen atoms in total. The molecular formula is C16H14ClN3. The number of nitrogens with two attached hydrogens (primary N) is 1. The largest absolute Gasteiger partial charge is 0.399 e. The molecule has 0 atom stereocenters. The number of benzene rings is 2. The Hall–Kier alpha value is -2.26. The number of nitrogen functional groups attached to an aromatic ring is 1. The summed E-state index contributed by atoms with van der Waals surface area (Å²) >= 11 is 6.15. The number of anilines is 2. The first-order valence-corrected chi connectivity index (χ1v) is 6.73. The topological polar surface area (TPSA) is 50.9 Å². The first-order valence-electron chi connectivity index (χ1n) is 6.35. The van der Waals surface area contributed by atoms with Crippen LogP contribution >= 0.6 is 11.6 Å². The van der Waals surface area contributed by atoms with Crippen molar-refractivity contribution in [2.24, 2.45) is 0 Å². The second-order valence-corrected chi connectivity index (χ2v) is 4.99. The van der Waals surface area contributed by atoms with Gasteiger partial charge in [-0.2, -0.15) is 0 Å². The molecule has 2 aromatic carbocycles. The van der Waals surface area contributed by atoms with Gasteiger partial charge in [0, 0.05) is 28.8 Å². The van der Waals surface area contributed by atoms with Crippen LogP contribution in [0.1, 0.15) is 5.56 Å². The van der Waals surface area contributed by atoms with Gasteiger partial charge in [-0.05, 0) is 41.3 Å². The minimum Gasteiger partial charge on any atom is -0.399 e. The third-order valence-corrected chi connectivity index (χ3v) is 3.56. The molecule has 4 heteroatoms. The van der Waals surface area contributed by atoms with Gasteiger partial charge in [-0.15, -0.1) is 0 Å². The monoisotopic (exact) mass is 283 g/mol. The van der Waals surface area contributed by atoms with Gasteiger partial charge in [0.2, 0.25) is 0 Å². The van der Waals surface area contributed by atoms with E-state index in [1.807, 2.05) is 48.5 Å². The quantitative estimate of drug-likeness (QED) is 0.712. The third-order valence-electron chi connectivity index (χ3n) is 3.19. The van der Waals surface area contributed by atoms with Gasteiger partial charge in [-0.25, -0.2) is 4.98 Å². The minimum absolute atomic E-state index is 0.635. The number of fused-ring (bicyclic) bond motifs is 1. The highest BCUT2D eigenvalue weighted by Crippen LogP contribution is 2.24. The summed E-state index contributed by atoms with van der Waals surface area (Å²) < 4.78 is 0. The van der Waals surface area contributed by atoms with Gasteiger partial charge in [0.05, 0.1) is 0 Å². The van der Waals surface area contributed by atoms with Crippen molar-refractivity contribution in [3.8, 4) is 0 Å². The van der Waals surface area contributed by atoms with E-state index in [0.29, 0.717) is 6.54 Å². The Morgan fingerprint density at radius 2 is 1.95 bits per heavy atom. The maximum Gasteiger partial charge on any atom is 0.134 e. The van der Waals surface area contributed by atoms with Crippen molar-refractivity contribution in [2.75, 3.05) is 11.1 Å². The van der Waals surface area contributed by atoms with E-state index in [1.165, 1.54) is 0 Å². The van der Waals surface area contributed by atoms with E-state index in [9.17, 15) is 0 Å². The van der Waals surface area contributed by atoms with Crippen LogP contribution in [0.4, 0.5) is 11.5 Å². The number of pyridine rings is 1. The summed E-state index contributed by atoms with van der Waals surface area (Å²) in [6.45, 7) is 0.635. The average Bonchev–Trinajstić information content (AvgIpc) is 2.46. The maximum atomic E-state index is 6.15. The number of rotatable bonds is 3. The summed E-state index contributed by atoms with van der Waals surface area (Å²) in [7, 11) is 0. The molecule has 3 rings (SSSR count). The number of nitrogens with one attached hydrogen (secondary N) is 1. The summed E-state index contributed by atoms with van der Waals surface area (Å²) in [4.78, 5) is 4.39. The predicted molar refractivity (Wildman–Crippen MR) is 84.9 cm³/mol. The van der Waals surface area contributed by atoms with Crippen molar-refractivity contribution >= 4 is 33.9 Å². The lowest BCUT2D eigenvalue weighted by molar-refractivity contribution is 1.12. The molecule has 0 bridgehead atoms. The number of aromatic nitrogens is 1. The molecule has 3 aromatic rings. The van der Waals surface area contributed by atoms with E-state index in [2.05, 4.69) is 10.3 Å². The molecule has 20 heavy (non-hydrogen) atoms. The Morgan fingerprint density at radius 3 is 2.80 bits per heavy atom. The van der Waals surface area contributed by atoms with E-state index in [0.717, 1.165) is 32.9 Å². The smallest absolute Gasteiger partial charge is 0.134 e. The minimum atomic E-state index is 0.635. The molecule has 100 valence electrons. The van der Waals surface area contributed by atoms with Gasteiger partial charge in [-0.1, -0.05) is 29.8 Å². The summed E-state index contributed by atoms with van der Waals surface area (Å²) in [6, 6.07) is 15.5. The Labute approximate surface area is 122 Å². The van der Waals surface area contributed by atoms with E-state index >= 15 is 0 Å². The molecule has 0 fully saturated rings. The molecular weight excluding hydrogens is 270 g/mol. The lowest BCUT2D eigenvalue weighted by Gasteiger charge is -2.10. The SMILES string of the molecule is Nc1ccc2c(NCc3ccccc3Cl)nccc2c1. The lowest BCUT2D eigenvalue weighted by atomic mass is 10.1. The fourth-order valence-corrected chi connectivity index (χ4v) is 2.36. The average molecular weight is 284 g/mol. The zero-order valence-corrected chi connectivity index (χ0v) is 11.6. The molecule has 1 heterocycles. The van der Waals surface area contributed by atoms with Crippen molar-refractivity contribution in [1.29, 1.82) is 0 Å². The lowest BCUT2D eigenvalue weighted by Crippen LogP contribution is -2.02. The molecule has 0 saturated heterocycles. The van der Waals surface area contributed by atoms with Crippen LogP contribution in [-0.4, -0.2) is 4.98 Å². The van der Waals surface area contributed by atoms with Crippen LogP contribution in [0, 0.1) is 0 Å². The fourth-order valence-electron chi connectivity index (χ4n) is 2.16. The first kappa shape index (κ1) is 12.8. The van der Waals surface area contributed by atoms with Crippen LogP contribution in [0.5, 0.6) is 0 Å². The third kappa shape index (κ3) is 2.53. The van der Waals surface area contributed by atoms with Gasteiger partial charge >= 0.3 is 0 Å². The normalized spacial score (nSPS) is 10.7. The Bertz CT molecular complexity index is 756. The number of hydrogen-bond donors (Lipinski definition) is 2. The number of nitrogens with zero attached hydrogens (tertiary/aromatic N) is 1. The van der Waals surface area contributed by atoms with Gasteiger partial charge in [0.25, 0.3) is 0 Å². The van der Waals surface area contributed by atoms with Crippen LogP contribution in [0.2, 0.25) is 5.02 Å². The van der Waals surface area contributed by atoms with Crippen molar-refractivity contribution in [1.82, 2.24) is 4.98 Å². The van der Waals surface area contributed by atoms with E-state index in [1.54, 1.807) is 6.20 Å². The molecule has 3 N–H and O–H groups in total. The fraction of sp³-hybridized carbons (Fsp3) is 0.0625. The van der Waals surface area contributed by atoms with E-state index in [-0.39, 0.29) is 0 Å². The van der Waals surface area contributed by atoms with Crippen LogP contribution in [-0.2, 0) is 6.54 Å². The Kier molecular flexibility index (Phi) is 3.44. The van der Waals surface area contributed by atoms with Gasteiger partial charge < -0.3 is 11.1 Å². The predicted octanol–water partition coefficient (Wildman–Crippen LogP) is 4.08.